The van der Waals surface area contributed by atoms with Crippen molar-refractivity contribution < 1.29 is 4.74 Å². The second kappa shape index (κ2) is 8.39. The second-order valence-corrected chi connectivity index (χ2v) is 6.47. The van der Waals surface area contributed by atoms with Gasteiger partial charge in [-0.05, 0) is 23.8 Å². The Bertz CT molecular complexity index is 825. The van der Waals surface area contributed by atoms with Crippen LogP contribution in [0.15, 0.2) is 47.9 Å². The Kier molecular flexibility index (Phi) is 5.97. The van der Waals surface area contributed by atoms with Crippen molar-refractivity contribution in [2.75, 3.05) is 23.0 Å². The molecule has 2 aromatic heterocycles. The first-order valence-corrected chi connectivity index (χ1v) is 9.53. The molecule has 1 aromatic carbocycles. The average Bonchev–Trinajstić information content (AvgIpc) is 3.20. The number of ether oxygens (including phenoxy) is 1. The molecule has 3 aromatic rings. The van der Waals surface area contributed by atoms with Gasteiger partial charge in [0.1, 0.15) is 11.4 Å². The molecule has 0 amide bonds. The van der Waals surface area contributed by atoms with Crippen LogP contribution in [0, 0.1) is 0 Å². The van der Waals surface area contributed by atoms with Crippen molar-refractivity contribution in [3.63, 3.8) is 0 Å². The number of methoxy groups -OCH3 is 1. The van der Waals surface area contributed by atoms with Gasteiger partial charge in [-0.3, -0.25) is 0 Å². The molecule has 0 saturated carbocycles. The van der Waals surface area contributed by atoms with Gasteiger partial charge < -0.3 is 13.6 Å². The molecule has 9 heteroatoms. The minimum absolute atomic E-state index is 0.682. The molecule has 0 aliphatic rings. The molecule has 2 N–H and O–H groups in total. The predicted octanol–water partition coefficient (Wildman–Crippen LogP) is 3.77. The number of anilines is 2. The number of hydrogen-bond acceptors (Lipinski definition) is 7. The van der Waals surface area contributed by atoms with Gasteiger partial charge in [0.15, 0.2) is 16.8 Å². The highest BCUT2D eigenvalue weighted by atomic mass is 127. The standard InChI is InChI=1S/C16H17IN6OS/c1-18-14-13(22-17)15(23-9-3-8-19-23)21-16(20-14)25-10-11-4-6-12(24-2)7-5-11/h3-9,22H,10H2,1-2H3,(H,18,20,21). The Morgan fingerprint density at radius 2 is 2.04 bits per heavy atom. The van der Waals surface area contributed by atoms with Crippen LogP contribution in [-0.4, -0.2) is 33.9 Å². The number of nitrogens with zero attached hydrogens (tertiary/aromatic N) is 4. The molecule has 0 unspecified atom stereocenters. The van der Waals surface area contributed by atoms with E-state index in [0.29, 0.717) is 11.0 Å². The summed E-state index contributed by atoms with van der Waals surface area (Å²) in [5.74, 6) is 3.05. The Hall–Kier alpha value is -2.01. The third-order valence-electron chi connectivity index (χ3n) is 3.45. The molecule has 0 aliphatic carbocycles. The van der Waals surface area contributed by atoms with E-state index in [1.54, 1.807) is 29.8 Å². The Morgan fingerprint density at radius 3 is 2.64 bits per heavy atom. The number of hydrogen-bond donors (Lipinski definition) is 2. The van der Waals surface area contributed by atoms with Crippen molar-refractivity contribution in [3.8, 4) is 11.6 Å². The van der Waals surface area contributed by atoms with E-state index in [9.17, 15) is 0 Å². The highest BCUT2D eigenvalue weighted by Crippen LogP contribution is 2.31. The van der Waals surface area contributed by atoms with Crippen LogP contribution in [0.1, 0.15) is 5.56 Å². The number of benzene rings is 1. The lowest BCUT2D eigenvalue weighted by Crippen LogP contribution is -2.08. The molecule has 0 aliphatic heterocycles. The van der Waals surface area contributed by atoms with Crippen molar-refractivity contribution in [1.29, 1.82) is 0 Å². The molecule has 130 valence electrons. The maximum absolute atomic E-state index is 5.19. The van der Waals surface area contributed by atoms with Crippen LogP contribution < -0.4 is 13.6 Å². The van der Waals surface area contributed by atoms with E-state index in [2.05, 4.69) is 46.8 Å². The average molecular weight is 468 g/mol. The van der Waals surface area contributed by atoms with Gasteiger partial charge in [-0.1, -0.05) is 23.9 Å². The molecule has 0 saturated heterocycles. The number of nitrogens with one attached hydrogen (secondary N) is 2. The minimum Gasteiger partial charge on any atom is -0.497 e. The maximum Gasteiger partial charge on any atom is 0.192 e. The van der Waals surface area contributed by atoms with Crippen LogP contribution in [0.2, 0.25) is 0 Å². The van der Waals surface area contributed by atoms with Gasteiger partial charge in [-0.25, -0.2) is 14.6 Å². The van der Waals surface area contributed by atoms with Gasteiger partial charge in [0, 0.05) is 25.2 Å². The van der Waals surface area contributed by atoms with E-state index in [-0.39, 0.29) is 0 Å². The van der Waals surface area contributed by atoms with E-state index in [0.717, 1.165) is 23.0 Å². The summed E-state index contributed by atoms with van der Waals surface area (Å²) in [5.41, 5.74) is 1.97. The molecule has 0 atom stereocenters. The molecule has 0 bridgehead atoms. The maximum atomic E-state index is 5.19. The van der Waals surface area contributed by atoms with E-state index in [1.165, 1.54) is 5.56 Å². The van der Waals surface area contributed by atoms with Crippen molar-refractivity contribution in [1.82, 2.24) is 19.7 Å². The fraction of sp³-hybridized carbons (Fsp3) is 0.188. The number of rotatable bonds is 7. The SMILES string of the molecule is CNc1nc(SCc2ccc(OC)cc2)nc(-n2cccn2)c1NI. The number of thioether (sulfide) groups is 1. The summed E-state index contributed by atoms with van der Waals surface area (Å²) >= 11 is 3.64. The molecule has 0 spiro atoms. The Balaban J connectivity index is 1.86. The molecule has 25 heavy (non-hydrogen) atoms. The summed E-state index contributed by atoms with van der Waals surface area (Å²) in [5, 5.41) is 8.08. The minimum atomic E-state index is 0.682. The normalized spacial score (nSPS) is 10.5. The molecule has 7 nitrogen and oxygen atoms in total. The third-order valence-corrected chi connectivity index (χ3v) is 4.91. The van der Waals surface area contributed by atoms with E-state index in [1.807, 2.05) is 43.6 Å². The van der Waals surface area contributed by atoms with Crippen LogP contribution in [0.3, 0.4) is 0 Å². The molecule has 3 rings (SSSR count). The van der Waals surface area contributed by atoms with Gasteiger partial charge in [0.05, 0.1) is 30.0 Å². The van der Waals surface area contributed by atoms with Crippen LogP contribution in [0.5, 0.6) is 5.75 Å². The lowest BCUT2D eigenvalue weighted by atomic mass is 10.2. The highest BCUT2D eigenvalue weighted by Gasteiger charge is 2.15. The first kappa shape index (κ1) is 17.8. The summed E-state index contributed by atoms with van der Waals surface area (Å²) in [6, 6.07) is 9.85. The largest absolute Gasteiger partial charge is 0.497 e. The third kappa shape index (κ3) is 4.15. The monoisotopic (exact) mass is 468 g/mol. The van der Waals surface area contributed by atoms with E-state index >= 15 is 0 Å². The number of aromatic nitrogens is 4. The molecular formula is C16H17IN6OS. The first-order valence-electron chi connectivity index (χ1n) is 7.47. The quantitative estimate of drug-likeness (QED) is 0.237. The lowest BCUT2D eigenvalue weighted by Gasteiger charge is -2.13. The van der Waals surface area contributed by atoms with Crippen LogP contribution in [0.25, 0.3) is 5.82 Å². The molecule has 0 radical (unpaired) electrons. The summed E-state index contributed by atoms with van der Waals surface area (Å²) < 4.78 is 10.0. The lowest BCUT2D eigenvalue weighted by molar-refractivity contribution is 0.414. The van der Waals surface area contributed by atoms with Crippen molar-refractivity contribution in [2.45, 2.75) is 10.9 Å². The zero-order chi connectivity index (χ0) is 17.6. The number of halogens is 1. The topological polar surface area (TPSA) is 76.9 Å². The fourth-order valence-corrected chi connectivity index (χ4v) is 3.48. The smallest absolute Gasteiger partial charge is 0.192 e. The van der Waals surface area contributed by atoms with Crippen LogP contribution >= 0.6 is 34.6 Å². The molecular weight excluding hydrogens is 451 g/mol. The molecule has 2 heterocycles. The van der Waals surface area contributed by atoms with Crippen molar-refractivity contribution >= 4 is 46.1 Å². The fourth-order valence-electron chi connectivity index (χ4n) is 2.19. The Labute approximate surface area is 164 Å². The summed E-state index contributed by atoms with van der Waals surface area (Å²) in [4.78, 5) is 9.25. The zero-order valence-electron chi connectivity index (χ0n) is 13.7. The molecule has 0 fully saturated rings. The van der Waals surface area contributed by atoms with Crippen LogP contribution in [-0.2, 0) is 5.75 Å². The van der Waals surface area contributed by atoms with Crippen molar-refractivity contribution in [3.05, 3.63) is 48.3 Å². The summed E-state index contributed by atoms with van der Waals surface area (Å²) in [7, 11) is 3.50. The second-order valence-electron chi connectivity index (χ2n) is 4.99. The van der Waals surface area contributed by atoms with Gasteiger partial charge in [-0.15, -0.1) is 0 Å². The summed E-state index contributed by atoms with van der Waals surface area (Å²) in [6.07, 6.45) is 3.58. The highest BCUT2D eigenvalue weighted by molar-refractivity contribution is 14.1. The first-order chi connectivity index (χ1) is 12.2. The van der Waals surface area contributed by atoms with Crippen LogP contribution in [0.4, 0.5) is 11.5 Å². The van der Waals surface area contributed by atoms with Gasteiger partial charge in [-0.2, -0.15) is 5.10 Å². The van der Waals surface area contributed by atoms with Gasteiger partial charge in [0.25, 0.3) is 0 Å². The van der Waals surface area contributed by atoms with E-state index < -0.39 is 0 Å². The predicted molar refractivity (Wildman–Crippen MR) is 109 cm³/mol. The Morgan fingerprint density at radius 1 is 1.24 bits per heavy atom. The van der Waals surface area contributed by atoms with Crippen molar-refractivity contribution in [2.24, 2.45) is 0 Å². The van der Waals surface area contributed by atoms with Gasteiger partial charge in [0.2, 0.25) is 0 Å². The summed E-state index contributed by atoms with van der Waals surface area (Å²) in [6.45, 7) is 0. The van der Waals surface area contributed by atoms with E-state index in [4.69, 9.17) is 4.74 Å². The van der Waals surface area contributed by atoms with Gasteiger partial charge >= 0.3 is 0 Å². The zero-order valence-corrected chi connectivity index (χ0v) is 16.7.